The van der Waals surface area contributed by atoms with Gasteiger partial charge in [-0.1, -0.05) is 41.5 Å². The molecule has 0 saturated carbocycles. The van der Waals surface area contributed by atoms with Crippen molar-refractivity contribution in [3.8, 4) is 0 Å². The Morgan fingerprint density at radius 3 is 0.647 bits per heavy atom. The van der Waals surface area contributed by atoms with E-state index in [1.165, 1.54) is 0 Å². The van der Waals surface area contributed by atoms with Crippen LogP contribution in [-0.2, 0) is 49.4 Å². The van der Waals surface area contributed by atoms with Crippen molar-refractivity contribution >= 4 is 17.9 Å². The molecule has 186 valence electrons. The molecule has 12 nitrogen and oxygen atoms in total. The molecule has 3 unspecified atom stereocenters. The average Bonchev–Trinajstić information content (AvgIpc) is 2.73. The molecule has 0 aromatic rings. The predicted molar refractivity (Wildman–Crippen MR) is 110 cm³/mol. The fourth-order valence-corrected chi connectivity index (χ4v) is 1.47. The van der Waals surface area contributed by atoms with Crippen LogP contribution in [0.2, 0.25) is 0 Å². The molecule has 13 heteroatoms. The molecule has 0 saturated heterocycles. The Balaban J connectivity index is -0.0000000569. The second kappa shape index (κ2) is 34.4. The van der Waals surface area contributed by atoms with Gasteiger partial charge < -0.3 is 29.9 Å². The van der Waals surface area contributed by atoms with Gasteiger partial charge in [0.1, 0.15) is 0 Å². The summed E-state index contributed by atoms with van der Waals surface area (Å²) in [5, 5.41) is 25.0. The largest absolute Gasteiger partial charge is 0 e. The van der Waals surface area contributed by atoms with Crippen LogP contribution in [0.15, 0.2) is 0 Å². The molecule has 0 rings (SSSR count). The molecule has 0 aromatic carbocycles. The summed E-state index contributed by atoms with van der Waals surface area (Å²) in [6, 6.07) is -2.61. The Kier molecular flexibility index (Phi) is 48.8. The van der Waals surface area contributed by atoms with E-state index in [0.717, 1.165) is 0 Å². The van der Waals surface area contributed by atoms with E-state index in [0.29, 0.717) is 0 Å². The molecule has 0 fully saturated rings. The van der Waals surface area contributed by atoms with Gasteiger partial charge in [0, 0.05) is 38.8 Å². The van der Waals surface area contributed by atoms with Crippen LogP contribution in [0.4, 0.5) is 0 Å². The summed E-state index contributed by atoms with van der Waals surface area (Å²) < 4.78 is 22.5. The number of rotatable bonds is 6. The monoisotopic (exact) mass is 563 g/mol. The maximum atomic E-state index is 10.2. The molecule has 0 aliphatic heterocycles. The standard InChI is InChI=1S/3C6H9NO2.3CO.Mo/c3*1-4(2)5(7-3)6(8)9;3*1-2;/h3*4-5H,1-2H3,(H,8,9);;;;. The van der Waals surface area contributed by atoms with E-state index < -0.39 is 36.0 Å². The summed E-state index contributed by atoms with van der Waals surface area (Å²) in [6.45, 7) is 43.2. The third-order valence-corrected chi connectivity index (χ3v) is 3.07. The summed E-state index contributed by atoms with van der Waals surface area (Å²) in [5.74, 6) is -3.38. The Hall–Kier alpha value is -3.21. The summed E-state index contributed by atoms with van der Waals surface area (Å²) in [5.41, 5.74) is 0. The number of carboxylic acid groups (broad SMARTS) is 3. The minimum absolute atomic E-state index is 0. The predicted octanol–water partition coefficient (Wildman–Crippen LogP) is 2.93. The third kappa shape index (κ3) is 31.0. The van der Waals surface area contributed by atoms with Crippen LogP contribution in [-0.4, -0.2) is 51.4 Å². The van der Waals surface area contributed by atoms with Crippen LogP contribution in [0.3, 0.4) is 0 Å². The first-order valence-electron chi connectivity index (χ1n) is 8.67. The van der Waals surface area contributed by atoms with Crippen molar-refractivity contribution in [2.45, 2.75) is 59.7 Å². The zero-order valence-corrected chi connectivity index (χ0v) is 21.5. The second-order valence-electron chi connectivity index (χ2n) is 6.47. The molecule has 0 aliphatic rings. The summed E-state index contributed by atoms with van der Waals surface area (Å²) in [6.07, 6.45) is 0. The van der Waals surface area contributed by atoms with Crippen molar-refractivity contribution in [3.05, 3.63) is 54.2 Å². The van der Waals surface area contributed by atoms with E-state index in [1.54, 1.807) is 41.5 Å². The molecule has 3 atom stereocenters. The topological polar surface area (TPSA) is 185 Å². The van der Waals surface area contributed by atoms with E-state index in [4.69, 9.17) is 49.0 Å². The van der Waals surface area contributed by atoms with Gasteiger partial charge in [-0.05, 0) is 0 Å². The smallest absolute Gasteiger partial charge is 0 e. The molecule has 0 spiro atoms. The van der Waals surface area contributed by atoms with Gasteiger partial charge in [0.25, 0.3) is 0 Å². The third-order valence-electron chi connectivity index (χ3n) is 3.07. The van der Waals surface area contributed by atoms with Gasteiger partial charge in [-0.15, -0.1) is 0 Å². The first-order valence-corrected chi connectivity index (χ1v) is 8.67. The molecule has 3 N–H and O–H groups in total. The fraction of sp³-hybridized carbons (Fsp3) is 0.571. The molecule has 0 aliphatic carbocycles. The molecule has 0 heterocycles. The Morgan fingerprint density at radius 1 is 0.529 bits per heavy atom. The van der Waals surface area contributed by atoms with E-state index in [-0.39, 0.29) is 38.8 Å². The molecular formula is C21H27MoN3O9. The molecule has 0 radical (unpaired) electrons. The first kappa shape index (κ1) is 48.3. The molecule has 0 amide bonds. The number of hydrogen-bond acceptors (Lipinski definition) is 3. The Bertz CT molecular complexity index is 640. The quantitative estimate of drug-likeness (QED) is 0.254. The zero-order valence-electron chi connectivity index (χ0n) is 19.5. The van der Waals surface area contributed by atoms with E-state index in [2.05, 4.69) is 34.5 Å². The normalized spacial score (nSPS) is 10.2. The zero-order chi connectivity index (χ0) is 28.3. The van der Waals surface area contributed by atoms with Gasteiger partial charge in [0.15, 0.2) is 0 Å². The summed E-state index contributed by atoms with van der Waals surface area (Å²) in [7, 11) is 0. The van der Waals surface area contributed by atoms with Crippen molar-refractivity contribution in [1.29, 1.82) is 0 Å². The Morgan fingerprint density at radius 2 is 0.647 bits per heavy atom. The average molecular weight is 561 g/mol. The van der Waals surface area contributed by atoms with Crippen LogP contribution in [0.1, 0.15) is 41.5 Å². The van der Waals surface area contributed by atoms with Crippen molar-refractivity contribution < 1.29 is 64.7 Å². The minimum atomic E-state index is -1.03. The maximum Gasteiger partial charge on any atom is 0 e. The van der Waals surface area contributed by atoms with Crippen LogP contribution < -0.4 is 0 Å². The molecular weight excluding hydrogens is 534 g/mol. The molecule has 0 aromatic heterocycles. The van der Waals surface area contributed by atoms with Crippen LogP contribution in [0.25, 0.3) is 14.5 Å². The van der Waals surface area contributed by atoms with Gasteiger partial charge in [-0.25, -0.2) is 34.1 Å². The van der Waals surface area contributed by atoms with E-state index >= 15 is 0 Å². The fourth-order valence-electron chi connectivity index (χ4n) is 1.47. The van der Waals surface area contributed by atoms with Crippen molar-refractivity contribution in [1.82, 2.24) is 0 Å². The summed E-state index contributed by atoms with van der Waals surface area (Å²) >= 11 is 0. The van der Waals surface area contributed by atoms with Crippen LogP contribution in [0, 0.1) is 57.4 Å². The number of carboxylic acids is 3. The van der Waals surface area contributed by atoms with Crippen molar-refractivity contribution in [2.24, 2.45) is 17.8 Å². The molecule has 0 bridgehead atoms. The number of hydrogen-bond donors (Lipinski definition) is 3. The van der Waals surface area contributed by atoms with Gasteiger partial charge in [0.2, 0.25) is 0 Å². The second-order valence-corrected chi connectivity index (χ2v) is 6.47. The van der Waals surface area contributed by atoms with E-state index in [1.807, 2.05) is 0 Å². The Labute approximate surface area is 214 Å². The molecule has 34 heavy (non-hydrogen) atoms. The van der Waals surface area contributed by atoms with Crippen molar-refractivity contribution in [3.63, 3.8) is 0 Å². The number of aliphatic carboxylic acids is 3. The maximum absolute atomic E-state index is 10.2. The number of nitrogens with zero attached hydrogens (tertiary/aromatic N) is 3. The number of carbonyl (C=O) groups is 3. The van der Waals surface area contributed by atoms with Crippen LogP contribution >= 0.6 is 0 Å². The summed E-state index contributed by atoms with van der Waals surface area (Å²) in [4.78, 5) is 39.3. The SMILES string of the molecule is [C-]#[N+]C(C(=O)O)C(C)C.[C-]#[N+]C(C(=O)O)C(C)C.[C-]#[N+]C(C(=O)O)C(C)C.[C-]#[O+].[C-]#[O+].[C-]#[O+].[Mo]. The van der Waals surface area contributed by atoms with E-state index in [9.17, 15) is 14.4 Å². The minimum Gasteiger partial charge on any atom is 0 e. The first-order chi connectivity index (χ1) is 15.3. The van der Waals surface area contributed by atoms with Crippen LogP contribution in [0.5, 0.6) is 0 Å². The van der Waals surface area contributed by atoms with Crippen molar-refractivity contribution in [2.75, 3.05) is 0 Å². The van der Waals surface area contributed by atoms with Gasteiger partial charge in [-0.3, -0.25) is 0 Å². The van der Waals surface area contributed by atoms with Gasteiger partial charge >= 0.3 is 69.9 Å². The van der Waals surface area contributed by atoms with Gasteiger partial charge in [-0.2, -0.15) is 0 Å². The van der Waals surface area contributed by atoms with Gasteiger partial charge in [0.05, 0.1) is 0 Å².